The smallest absolute Gasteiger partial charge is 0.335 e. The molecule has 1 aromatic carbocycles. The minimum Gasteiger partial charge on any atom is -0.361 e. The number of carbonyl (C=O) groups excluding carboxylic acids is 2. The van der Waals surface area contributed by atoms with Crippen molar-refractivity contribution in [3.8, 4) is 0 Å². The van der Waals surface area contributed by atoms with Gasteiger partial charge in [-0.05, 0) is 50.1 Å². The number of amides is 3. The normalized spacial score (nSPS) is 20.2. The highest BCUT2D eigenvalue weighted by Gasteiger charge is 2.36. The Bertz CT molecular complexity index is 932. The average Bonchev–Trinajstić information content (AvgIpc) is 3.14. The molecule has 2 aromatic rings. The van der Waals surface area contributed by atoms with Crippen LogP contribution in [-0.4, -0.2) is 64.7 Å². The van der Waals surface area contributed by atoms with Crippen LogP contribution >= 0.6 is 0 Å². The second-order valence-electron chi connectivity index (χ2n) is 7.42. The molecule has 0 saturated carbocycles. The number of hydrogen-bond donors (Lipinski definition) is 4. The lowest BCUT2D eigenvalue weighted by Gasteiger charge is -2.40. The molecule has 0 fully saturated rings. The summed E-state index contributed by atoms with van der Waals surface area (Å²) in [5.74, 6) is 0.210. The van der Waals surface area contributed by atoms with E-state index in [1.54, 1.807) is 0 Å². The summed E-state index contributed by atoms with van der Waals surface area (Å²) in [6.07, 6.45) is 5.41. The van der Waals surface area contributed by atoms with Crippen molar-refractivity contribution >= 4 is 28.4 Å². The number of hydrogen-bond acceptors (Lipinski definition) is 4. The van der Waals surface area contributed by atoms with Gasteiger partial charge in [-0.25, -0.2) is 10.3 Å². The molecular formula is C21H29N5O3. The SMILES string of the molecule is CCN(CC)C(=O)[C@@H]1C=C2c3cccc4[nH]cc(c34)C[C@H]2N(C)C1.NC(=O)NO. The molecule has 0 radical (unpaired) electrons. The molecule has 8 heteroatoms. The molecule has 3 amide bonds. The topological polar surface area (TPSA) is 115 Å². The fourth-order valence-corrected chi connectivity index (χ4v) is 4.38. The van der Waals surface area contributed by atoms with Gasteiger partial charge in [0.25, 0.3) is 0 Å². The third kappa shape index (κ3) is 3.99. The number of benzene rings is 1. The molecule has 0 spiro atoms. The van der Waals surface area contributed by atoms with Crippen LogP contribution in [0.1, 0.15) is 25.0 Å². The molecule has 1 aliphatic heterocycles. The van der Waals surface area contributed by atoms with E-state index in [-0.39, 0.29) is 11.8 Å². The van der Waals surface area contributed by atoms with Crippen LogP contribution in [0.4, 0.5) is 4.79 Å². The Labute approximate surface area is 170 Å². The molecule has 2 aliphatic rings. The van der Waals surface area contributed by atoms with Crippen LogP contribution in [-0.2, 0) is 11.2 Å². The van der Waals surface area contributed by atoms with E-state index >= 15 is 0 Å². The zero-order valence-corrected chi connectivity index (χ0v) is 17.1. The van der Waals surface area contributed by atoms with Gasteiger partial charge in [0.1, 0.15) is 0 Å². The van der Waals surface area contributed by atoms with E-state index in [0.29, 0.717) is 6.04 Å². The zero-order chi connectivity index (χ0) is 21.1. The molecule has 0 unspecified atom stereocenters. The summed E-state index contributed by atoms with van der Waals surface area (Å²) in [5, 5.41) is 8.76. The van der Waals surface area contributed by atoms with Gasteiger partial charge < -0.3 is 15.6 Å². The largest absolute Gasteiger partial charge is 0.361 e. The van der Waals surface area contributed by atoms with Crippen LogP contribution in [0.3, 0.4) is 0 Å². The Morgan fingerprint density at radius 2 is 2.03 bits per heavy atom. The van der Waals surface area contributed by atoms with Crippen molar-refractivity contribution in [1.82, 2.24) is 20.3 Å². The summed E-state index contributed by atoms with van der Waals surface area (Å²) >= 11 is 0. The highest BCUT2D eigenvalue weighted by Crippen LogP contribution is 2.40. The van der Waals surface area contributed by atoms with Gasteiger partial charge in [0.2, 0.25) is 5.91 Å². The van der Waals surface area contributed by atoms with Crippen molar-refractivity contribution in [3.63, 3.8) is 0 Å². The first-order valence-electron chi connectivity index (χ1n) is 9.90. The quantitative estimate of drug-likeness (QED) is 0.466. The Balaban J connectivity index is 0.000000431. The minimum absolute atomic E-state index is 0.0445. The zero-order valence-electron chi connectivity index (χ0n) is 17.1. The number of nitrogens with two attached hydrogens (primary N) is 1. The maximum Gasteiger partial charge on any atom is 0.335 e. The molecule has 2 atom stereocenters. The Morgan fingerprint density at radius 3 is 2.66 bits per heavy atom. The Hall–Kier alpha value is -2.84. The lowest BCUT2D eigenvalue weighted by molar-refractivity contribution is -0.134. The van der Waals surface area contributed by atoms with Crippen molar-refractivity contribution in [2.24, 2.45) is 11.7 Å². The second-order valence-corrected chi connectivity index (χ2v) is 7.42. The first kappa shape index (κ1) is 20.9. The molecule has 0 saturated heterocycles. The second kappa shape index (κ2) is 8.67. The Morgan fingerprint density at radius 1 is 1.34 bits per heavy atom. The summed E-state index contributed by atoms with van der Waals surface area (Å²) < 4.78 is 0. The summed E-state index contributed by atoms with van der Waals surface area (Å²) in [6, 6.07) is 5.88. The first-order valence-corrected chi connectivity index (χ1v) is 9.90. The maximum absolute atomic E-state index is 12.9. The number of H-pyrrole nitrogens is 1. The summed E-state index contributed by atoms with van der Waals surface area (Å²) in [4.78, 5) is 29.8. The first-order chi connectivity index (χ1) is 13.9. The number of aromatic amines is 1. The number of fused-ring (bicyclic) bond motifs is 2. The van der Waals surface area contributed by atoms with Crippen molar-refractivity contribution in [1.29, 1.82) is 0 Å². The molecule has 156 valence electrons. The number of hydroxylamine groups is 1. The molecule has 2 heterocycles. The molecular weight excluding hydrogens is 370 g/mol. The number of rotatable bonds is 3. The van der Waals surface area contributed by atoms with Crippen molar-refractivity contribution in [3.05, 3.63) is 41.6 Å². The highest BCUT2D eigenvalue weighted by molar-refractivity contribution is 5.99. The van der Waals surface area contributed by atoms with Gasteiger partial charge in [0.15, 0.2) is 0 Å². The number of aromatic nitrogens is 1. The number of carbonyl (C=O) groups is 2. The predicted octanol–water partition coefficient (Wildman–Crippen LogP) is 1.95. The molecule has 4 rings (SSSR count). The minimum atomic E-state index is -0.940. The van der Waals surface area contributed by atoms with E-state index in [4.69, 9.17) is 5.21 Å². The molecule has 5 N–H and O–H groups in total. The highest BCUT2D eigenvalue weighted by atomic mass is 16.5. The van der Waals surface area contributed by atoms with Gasteiger partial charge in [-0.15, -0.1) is 0 Å². The van der Waals surface area contributed by atoms with E-state index in [0.717, 1.165) is 26.1 Å². The summed E-state index contributed by atoms with van der Waals surface area (Å²) in [7, 11) is 2.15. The number of primary amides is 1. The van der Waals surface area contributed by atoms with Gasteiger partial charge in [0.05, 0.1) is 5.92 Å². The van der Waals surface area contributed by atoms with E-state index in [9.17, 15) is 9.59 Å². The predicted molar refractivity (Wildman–Crippen MR) is 112 cm³/mol. The van der Waals surface area contributed by atoms with Crippen LogP contribution in [0, 0.1) is 5.92 Å². The van der Waals surface area contributed by atoms with E-state index in [1.807, 2.05) is 4.90 Å². The van der Waals surface area contributed by atoms with Gasteiger partial charge in [-0.3, -0.25) is 14.9 Å². The van der Waals surface area contributed by atoms with Crippen LogP contribution in [0.15, 0.2) is 30.5 Å². The van der Waals surface area contributed by atoms with E-state index in [1.165, 1.54) is 33.1 Å². The van der Waals surface area contributed by atoms with Gasteiger partial charge in [-0.2, -0.15) is 0 Å². The molecule has 8 nitrogen and oxygen atoms in total. The average molecular weight is 399 g/mol. The van der Waals surface area contributed by atoms with Crippen molar-refractivity contribution in [2.75, 3.05) is 26.7 Å². The van der Waals surface area contributed by atoms with Crippen molar-refractivity contribution in [2.45, 2.75) is 26.3 Å². The van der Waals surface area contributed by atoms with Crippen molar-refractivity contribution < 1.29 is 14.8 Å². The number of urea groups is 1. The monoisotopic (exact) mass is 399 g/mol. The molecule has 0 bridgehead atoms. The fraction of sp³-hybridized carbons (Fsp3) is 0.429. The van der Waals surface area contributed by atoms with Crippen LogP contribution < -0.4 is 11.2 Å². The van der Waals surface area contributed by atoms with Gasteiger partial charge in [0, 0.05) is 42.8 Å². The van der Waals surface area contributed by atoms with Crippen LogP contribution in [0.25, 0.3) is 16.5 Å². The third-order valence-electron chi connectivity index (χ3n) is 5.77. The number of likely N-dealkylation sites (N-methyl/N-ethyl adjacent to an activating group) is 1. The third-order valence-corrected chi connectivity index (χ3v) is 5.77. The van der Waals surface area contributed by atoms with Crippen LogP contribution in [0.5, 0.6) is 0 Å². The Kier molecular flexibility index (Phi) is 6.24. The summed E-state index contributed by atoms with van der Waals surface area (Å²) in [6.45, 7) is 6.47. The fourth-order valence-electron chi connectivity index (χ4n) is 4.38. The van der Waals surface area contributed by atoms with E-state index in [2.05, 4.69) is 67.0 Å². The van der Waals surface area contributed by atoms with Crippen LogP contribution in [0.2, 0.25) is 0 Å². The molecule has 1 aromatic heterocycles. The van der Waals surface area contributed by atoms with E-state index < -0.39 is 6.03 Å². The molecule has 1 aliphatic carbocycles. The van der Waals surface area contributed by atoms with Gasteiger partial charge in [-0.1, -0.05) is 18.2 Å². The lowest BCUT2D eigenvalue weighted by Crippen LogP contribution is -2.47. The maximum atomic E-state index is 12.9. The standard InChI is InChI=1S/C20H25N3O.CH4N2O2/c1-4-23(5-2)20(24)14-9-16-15-7-6-8-17-19(15)13(11-21-17)10-18(16)22(3)12-14;2-1(4)3-5/h6-9,11,14,18,21H,4-5,10,12H2,1-3H3;5H,(H3,2,3,4)/t14-,18-;/m1./s1. The number of nitrogens with zero attached hydrogens (tertiary/aromatic N) is 2. The summed E-state index contributed by atoms with van der Waals surface area (Å²) in [5.41, 5.74) is 10.7. The number of nitrogens with one attached hydrogen (secondary N) is 2. The lowest BCUT2D eigenvalue weighted by atomic mass is 9.79. The molecule has 29 heavy (non-hydrogen) atoms. The van der Waals surface area contributed by atoms with Gasteiger partial charge >= 0.3 is 6.03 Å².